The molecule has 0 heterocycles. The van der Waals surface area contributed by atoms with Crippen LogP contribution < -0.4 is 16.4 Å². The van der Waals surface area contributed by atoms with Crippen molar-refractivity contribution in [2.75, 3.05) is 0 Å². The van der Waals surface area contributed by atoms with Gasteiger partial charge in [0, 0.05) is 12.1 Å². The minimum atomic E-state index is -0.471. The molecule has 0 bridgehead atoms. The number of hydrogen-bond donors (Lipinski definition) is 3. The third kappa shape index (κ3) is 4.38. The number of fused-ring (bicyclic) bond motifs is 1. The monoisotopic (exact) mass is 337 g/mol. The molecule has 1 aliphatic carbocycles. The molecule has 5 heteroatoms. The van der Waals surface area contributed by atoms with Crippen molar-refractivity contribution < 1.29 is 9.59 Å². The Bertz CT molecular complexity index is 773. The molecule has 1 unspecified atom stereocenters. The molecule has 1 atom stereocenters. The molecule has 0 saturated heterocycles. The van der Waals surface area contributed by atoms with Gasteiger partial charge in [0.1, 0.15) is 0 Å². The number of urea groups is 1. The normalized spacial score (nSPS) is 16.4. The van der Waals surface area contributed by atoms with E-state index < -0.39 is 5.91 Å². The minimum Gasteiger partial charge on any atom is -0.366 e. The maximum absolute atomic E-state index is 12.3. The highest BCUT2D eigenvalue weighted by atomic mass is 16.2. The summed E-state index contributed by atoms with van der Waals surface area (Å²) in [6.45, 7) is 0.349. The first-order chi connectivity index (χ1) is 12.1. The Morgan fingerprint density at radius 3 is 2.76 bits per heavy atom. The van der Waals surface area contributed by atoms with Gasteiger partial charge in [0.2, 0.25) is 5.91 Å². The van der Waals surface area contributed by atoms with Crippen LogP contribution in [0.15, 0.2) is 48.5 Å². The molecular weight excluding hydrogens is 314 g/mol. The molecule has 2 aromatic rings. The zero-order chi connectivity index (χ0) is 17.6. The summed E-state index contributed by atoms with van der Waals surface area (Å²) in [5, 5.41) is 5.94. The zero-order valence-corrected chi connectivity index (χ0v) is 14.1. The van der Waals surface area contributed by atoms with Crippen LogP contribution in [0.1, 0.15) is 52.4 Å². The van der Waals surface area contributed by atoms with Gasteiger partial charge in [0.25, 0.3) is 0 Å². The second kappa shape index (κ2) is 7.83. The summed E-state index contributed by atoms with van der Waals surface area (Å²) in [6, 6.07) is 15.1. The summed E-state index contributed by atoms with van der Waals surface area (Å²) in [4.78, 5) is 23.5. The molecule has 1 aliphatic rings. The number of primary amides is 1. The molecule has 3 rings (SSSR count). The standard InChI is InChI=1S/C20H23N3O2/c21-19(24)16-9-5-6-14(12-16)13-22-20(25)23-18-11-4-2-8-15-7-1-3-10-17(15)18/h1,3,5-7,9-10,12,18H,2,4,8,11,13H2,(H2,21,24)(H2,22,23,25). The lowest BCUT2D eigenvalue weighted by Crippen LogP contribution is -2.37. The summed E-state index contributed by atoms with van der Waals surface area (Å²) < 4.78 is 0. The van der Waals surface area contributed by atoms with Gasteiger partial charge in [-0.1, -0.05) is 42.8 Å². The van der Waals surface area contributed by atoms with E-state index in [4.69, 9.17) is 5.73 Å². The van der Waals surface area contributed by atoms with E-state index in [-0.39, 0.29) is 12.1 Å². The third-order valence-electron chi connectivity index (χ3n) is 4.59. The Balaban J connectivity index is 1.61. The van der Waals surface area contributed by atoms with Crippen molar-refractivity contribution in [3.05, 3.63) is 70.8 Å². The van der Waals surface area contributed by atoms with Crippen LogP contribution in [0, 0.1) is 0 Å². The van der Waals surface area contributed by atoms with E-state index in [1.807, 2.05) is 18.2 Å². The first-order valence-corrected chi connectivity index (χ1v) is 8.64. The summed E-state index contributed by atoms with van der Waals surface area (Å²) >= 11 is 0. The summed E-state index contributed by atoms with van der Waals surface area (Å²) in [6.07, 6.45) is 4.26. The Hall–Kier alpha value is -2.82. The Morgan fingerprint density at radius 2 is 1.92 bits per heavy atom. The zero-order valence-electron chi connectivity index (χ0n) is 14.1. The first kappa shape index (κ1) is 17.0. The molecule has 2 aromatic carbocycles. The molecule has 0 aliphatic heterocycles. The van der Waals surface area contributed by atoms with Crippen molar-refractivity contribution >= 4 is 11.9 Å². The lowest BCUT2D eigenvalue weighted by Gasteiger charge is -2.19. The van der Waals surface area contributed by atoms with Crippen LogP contribution in [-0.2, 0) is 13.0 Å². The molecule has 0 radical (unpaired) electrons. The second-order valence-corrected chi connectivity index (χ2v) is 6.39. The van der Waals surface area contributed by atoms with E-state index in [1.165, 1.54) is 11.1 Å². The molecule has 0 fully saturated rings. The van der Waals surface area contributed by atoms with Crippen LogP contribution in [0.4, 0.5) is 4.79 Å². The Labute approximate surface area is 147 Å². The molecule has 0 aromatic heterocycles. The van der Waals surface area contributed by atoms with Gasteiger partial charge in [-0.05, 0) is 48.1 Å². The average Bonchev–Trinajstić information content (AvgIpc) is 2.83. The molecule has 4 N–H and O–H groups in total. The van der Waals surface area contributed by atoms with Crippen LogP contribution >= 0.6 is 0 Å². The molecule has 130 valence electrons. The quantitative estimate of drug-likeness (QED) is 0.749. The molecule has 25 heavy (non-hydrogen) atoms. The fourth-order valence-electron chi connectivity index (χ4n) is 3.30. The van der Waals surface area contributed by atoms with E-state index in [2.05, 4.69) is 22.8 Å². The van der Waals surface area contributed by atoms with Crippen molar-refractivity contribution in [2.24, 2.45) is 5.73 Å². The number of carbonyl (C=O) groups excluding carboxylic acids is 2. The van der Waals surface area contributed by atoms with E-state index in [9.17, 15) is 9.59 Å². The fraction of sp³-hybridized carbons (Fsp3) is 0.300. The number of benzene rings is 2. The number of carbonyl (C=O) groups is 2. The summed E-state index contributed by atoms with van der Waals surface area (Å²) in [7, 11) is 0. The van der Waals surface area contributed by atoms with Gasteiger partial charge in [0.15, 0.2) is 0 Å². The summed E-state index contributed by atoms with van der Waals surface area (Å²) in [5.74, 6) is -0.471. The average molecular weight is 337 g/mol. The lowest BCUT2D eigenvalue weighted by atomic mass is 9.99. The predicted molar refractivity (Wildman–Crippen MR) is 97.1 cm³/mol. The van der Waals surface area contributed by atoms with Gasteiger partial charge in [-0.2, -0.15) is 0 Å². The van der Waals surface area contributed by atoms with Crippen LogP contribution in [0.2, 0.25) is 0 Å². The minimum absolute atomic E-state index is 0.0376. The summed E-state index contributed by atoms with van der Waals surface area (Å²) in [5.41, 5.74) is 9.10. The maximum atomic E-state index is 12.3. The van der Waals surface area contributed by atoms with Gasteiger partial charge in [-0.15, -0.1) is 0 Å². The Kier molecular flexibility index (Phi) is 5.33. The van der Waals surface area contributed by atoms with Gasteiger partial charge < -0.3 is 16.4 Å². The number of hydrogen-bond acceptors (Lipinski definition) is 2. The van der Waals surface area contributed by atoms with Crippen molar-refractivity contribution in [3.63, 3.8) is 0 Å². The van der Waals surface area contributed by atoms with Crippen LogP contribution in [0.5, 0.6) is 0 Å². The number of nitrogens with two attached hydrogens (primary N) is 1. The van der Waals surface area contributed by atoms with Crippen molar-refractivity contribution in [2.45, 2.75) is 38.3 Å². The predicted octanol–water partition coefficient (Wildman–Crippen LogP) is 3.05. The van der Waals surface area contributed by atoms with Crippen molar-refractivity contribution in [1.29, 1.82) is 0 Å². The highest BCUT2D eigenvalue weighted by Crippen LogP contribution is 2.28. The van der Waals surface area contributed by atoms with Crippen LogP contribution in [0.3, 0.4) is 0 Å². The second-order valence-electron chi connectivity index (χ2n) is 6.39. The highest BCUT2D eigenvalue weighted by molar-refractivity contribution is 5.92. The van der Waals surface area contributed by atoms with E-state index in [1.54, 1.807) is 18.2 Å². The van der Waals surface area contributed by atoms with Crippen LogP contribution in [0.25, 0.3) is 0 Å². The van der Waals surface area contributed by atoms with Crippen molar-refractivity contribution in [1.82, 2.24) is 10.6 Å². The maximum Gasteiger partial charge on any atom is 0.315 e. The largest absolute Gasteiger partial charge is 0.366 e. The number of rotatable bonds is 4. The Morgan fingerprint density at radius 1 is 1.08 bits per heavy atom. The van der Waals surface area contributed by atoms with E-state index >= 15 is 0 Å². The highest BCUT2D eigenvalue weighted by Gasteiger charge is 2.19. The van der Waals surface area contributed by atoms with Gasteiger partial charge in [-0.25, -0.2) is 4.79 Å². The molecular formula is C20H23N3O2. The first-order valence-electron chi connectivity index (χ1n) is 8.64. The van der Waals surface area contributed by atoms with Gasteiger partial charge in [0.05, 0.1) is 6.04 Å². The lowest BCUT2D eigenvalue weighted by molar-refractivity contribution is 0.1000. The van der Waals surface area contributed by atoms with Crippen molar-refractivity contribution in [3.8, 4) is 0 Å². The molecule has 0 saturated carbocycles. The topological polar surface area (TPSA) is 84.2 Å². The molecule has 3 amide bonds. The third-order valence-corrected chi connectivity index (χ3v) is 4.59. The van der Waals surface area contributed by atoms with Crippen LogP contribution in [-0.4, -0.2) is 11.9 Å². The number of nitrogens with one attached hydrogen (secondary N) is 2. The molecule has 0 spiro atoms. The SMILES string of the molecule is NC(=O)c1cccc(CNC(=O)NC2CCCCc3ccccc32)c1. The number of amides is 3. The van der Waals surface area contributed by atoms with E-state index in [0.717, 1.165) is 31.2 Å². The van der Waals surface area contributed by atoms with Gasteiger partial charge in [-0.3, -0.25) is 4.79 Å². The van der Waals surface area contributed by atoms with E-state index in [0.29, 0.717) is 12.1 Å². The number of aryl methyl sites for hydroxylation is 1. The van der Waals surface area contributed by atoms with Gasteiger partial charge >= 0.3 is 6.03 Å². The fourth-order valence-corrected chi connectivity index (χ4v) is 3.30. The smallest absolute Gasteiger partial charge is 0.315 e. The molecule has 5 nitrogen and oxygen atoms in total.